The highest BCUT2D eigenvalue weighted by Crippen LogP contribution is 2.21. The number of aromatic nitrogens is 3. The number of hydrogen-bond acceptors (Lipinski definition) is 5. The molecule has 1 fully saturated rings. The first-order chi connectivity index (χ1) is 13.2. The molecule has 0 aliphatic carbocycles. The minimum Gasteiger partial charge on any atom is -0.478 e. The number of ether oxygens (including phenoxy) is 2. The molecule has 8 nitrogen and oxygen atoms in total. The molecule has 1 saturated heterocycles. The van der Waals surface area contributed by atoms with Crippen LogP contribution in [0.3, 0.4) is 0 Å². The third-order valence-electron chi connectivity index (χ3n) is 4.30. The van der Waals surface area contributed by atoms with Crippen LogP contribution in [0.5, 0.6) is 5.88 Å². The van der Waals surface area contributed by atoms with Crippen LogP contribution in [0, 0.1) is 0 Å². The van der Waals surface area contributed by atoms with Crippen molar-refractivity contribution in [1.29, 1.82) is 0 Å². The Labute approximate surface area is 160 Å². The Morgan fingerprint density at radius 1 is 1.44 bits per heavy atom. The maximum atomic E-state index is 5.94. The number of nitrogens with zero attached hydrogens (tertiary/aromatic N) is 5. The van der Waals surface area contributed by atoms with Gasteiger partial charge in [-0.2, -0.15) is 5.10 Å². The second kappa shape index (κ2) is 9.36. The molecular formula is C19H28N6O2. The van der Waals surface area contributed by atoms with Gasteiger partial charge in [0.05, 0.1) is 32.5 Å². The molecule has 2 aromatic rings. The Morgan fingerprint density at radius 2 is 2.33 bits per heavy atom. The summed E-state index contributed by atoms with van der Waals surface area (Å²) >= 11 is 0. The van der Waals surface area contributed by atoms with Crippen LogP contribution in [0.25, 0.3) is 0 Å². The third kappa shape index (κ3) is 5.19. The third-order valence-corrected chi connectivity index (χ3v) is 4.30. The molecule has 8 heteroatoms. The van der Waals surface area contributed by atoms with Gasteiger partial charge in [-0.25, -0.2) is 9.98 Å². The number of morpholine rings is 1. The van der Waals surface area contributed by atoms with Crippen molar-refractivity contribution in [3.05, 3.63) is 41.9 Å². The molecule has 2 aromatic heterocycles. The van der Waals surface area contributed by atoms with Crippen molar-refractivity contribution in [1.82, 2.24) is 25.0 Å². The van der Waals surface area contributed by atoms with Gasteiger partial charge in [0, 0.05) is 44.2 Å². The summed E-state index contributed by atoms with van der Waals surface area (Å²) < 4.78 is 13.2. The molecule has 1 aliphatic heterocycles. The van der Waals surface area contributed by atoms with E-state index in [-0.39, 0.29) is 6.10 Å². The highest BCUT2D eigenvalue weighted by molar-refractivity contribution is 5.80. The van der Waals surface area contributed by atoms with E-state index in [0.717, 1.165) is 36.7 Å². The molecule has 1 aliphatic rings. The zero-order valence-corrected chi connectivity index (χ0v) is 16.3. The lowest BCUT2D eigenvalue weighted by atomic mass is 10.1. The summed E-state index contributed by atoms with van der Waals surface area (Å²) in [6.45, 7) is 8.23. The first-order valence-electron chi connectivity index (χ1n) is 9.40. The van der Waals surface area contributed by atoms with Crippen LogP contribution in [0.1, 0.15) is 31.1 Å². The van der Waals surface area contributed by atoms with Crippen molar-refractivity contribution in [2.24, 2.45) is 12.0 Å². The van der Waals surface area contributed by atoms with Crippen LogP contribution in [0.4, 0.5) is 0 Å². The standard InChI is InChI=1S/C19H28N6O2/c1-4-20-19(22-11-15-6-7-21-18(10-15)26-5-2)25-8-9-27-17(14-25)16-12-23-24(3)13-16/h6-7,10,12-13,17H,4-5,8-9,11,14H2,1-3H3,(H,20,22). The van der Waals surface area contributed by atoms with E-state index >= 15 is 0 Å². The SMILES string of the molecule is CCNC(=NCc1ccnc(OCC)c1)N1CCOC(c2cnn(C)c2)C1. The molecule has 1 atom stereocenters. The van der Waals surface area contributed by atoms with E-state index in [1.807, 2.05) is 38.5 Å². The molecule has 0 radical (unpaired) electrons. The number of rotatable bonds is 6. The van der Waals surface area contributed by atoms with Crippen molar-refractivity contribution in [3.63, 3.8) is 0 Å². The van der Waals surface area contributed by atoms with Gasteiger partial charge in [-0.15, -0.1) is 0 Å². The van der Waals surface area contributed by atoms with E-state index in [4.69, 9.17) is 14.5 Å². The first-order valence-corrected chi connectivity index (χ1v) is 9.40. The topological polar surface area (TPSA) is 76.8 Å². The maximum absolute atomic E-state index is 5.94. The monoisotopic (exact) mass is 372 g/mol. The van der Waals surface area contributed by atoms with Crippen molar-refractivity contribution >= 4 is 5.96 Å². The van der Waals surface area contributed by atoms with Gasteiger partial charge in [-0.05, 0) is 25.5 Å². The predicted octanol–water partition coefficient (Wildman–Crippen LogP) is 1.75. The molecule has 27 heavy (non-hydrogen) atoms. The molecule has 146 valence electrons. The highest BCUT2D eigenvalue weighted by Gasteiger charge is 2.25. The second-order valence-corrected chi connectivity index (χ2v) is 6.36. The average molecular weight is 372 g/mol. The molecule has 1 unspecified atom stereocenters. The number of nitrogens with one attached hydrogen (secondary N) is 1. The van der Waals surface area contributed by atoms with Gasteiger partial charge in [-0.3, -0.25) is 4.68 Å². The van der Waals surface area contributed by atoms with Crippen molar-refractivity contribution < 1.29 is 9.47 Å². The molecule has 1 N–H and O–H groups in total. The van der Waals surface area contributed by atoms with Gasteiger partial charge in [0.25, 0.3) is 0 Å². The summed E-state index contributed by atoms with van der Waals surface area (Å²) in [5, 5.41) is 7.64. The molecule has 0 amide bonds. The molecule has 3 heterocycles. The Hall–Kier alpha value is -2.61. The van der Waals surface area contributed by atoms with Crippen LogP contribution in [0.15, 0.2) is 35.7 Å². The largest absolute Gasteiger partial charge is 0.478 e. The minimum atomic E-state index is 0.00166. The molecule has 0 saturated carbocycles. The number of pyridine rings is 1. The van der Waals surface area contributed by atoms with Crippen LogP contribution < -0.4 is 10.1 Å². The Balaban J connectivity index is 1.70. The van der Waals surface area contributed by atoms with Gasteiger partial charge in [0.15, 0.2) is 5.96 Å². The smallest absolute Gasteiger partial charge is 0.213 e. The average Bonchev–Trinajstić information content (AvgIpc) is 3.12. The summed E-state index contributed by atoms with van der Waals surface area (Å²) in [7, 11) is 1.92. The Bertz CT molecular complexity index is 760. The van der Waals surface area contributed by atoms with Gasteiger partial charge in [0.1, 0.15) is 6.10 Å². The maximum Gasteiger partial charge on any atom is 0.213 e. The van der Waals surface area contributed by atoms with E-state index in [1.165, 1.54) is 0 Å². The van der Waals surface area contributed by atoms with Crippen LogP contribution in [-0.2, 0) is 18.3 Å². The molecular weight excluding hydrogens is 344 g/mol. The van der Waals surface area contributed by atoms with Gasteiger partial charge in [0.2, 0.25) is 5.88 Å². The summed E-state index contributed by atoms with van der Waals surface area (Å²) in [4.78, 5) is 11.3. The van der Waals surface area contributed by atoms with E-state index in [2.05, 4.69) is 27.2 Å². The fourth-order valence-electron chi connectivity index (χ4n) is 3.02. The van der Waals surface area contributed by atoms with E-state index in [0.29, 0.717) is 25.6 Å². The number of aliphatic imine (C=N–C) groups is 1. The fourth-order valence-corrected chi connectivity index (χ4v) is 3.02. The predicted molar refractivity (Wildman–Crippen MR) is 104 cm³/mol. The van der Waals surface area contributed by atoms with E-state index < -0.39 is 0 Å². The van der Waals surface area contributed by atoms with Gasteiger partial charge >= 0.3 is 0 Å². The van der Waals surface area contributed by atoms with Crippen LogP contribution in [0.2, 0.25) is 0 Å². The van der Waals surface area contributed by atoms with Crippen molar-refractivity contribution in [3.8, 4) is 5.88 Å². The summed E-state index contributed by atoms with van der Waals surface area (Å²) in [5.41, 5.74) is 2.16. The molecule has 0 aromatic carbocycles. The van der Waals surface area contributed by atoms with Gasteiger partial charge in [-0.1, -0.05) is 0 Å². The van der Waals surface area contributed by atoms with Crippen molar-refractivity contribution in [2.75, 3.05) is 32.8 Å². The van der Waals surface area contributed by atoms with Gasteiger partial charge < -0.3 is 19.7 Å². The minimum absolute atomic E-state index is 0.00166. The summed E-state index contributed by atoms with van der Waals surface area (Å²) in [5.74, 6) is 1.53. The lowest BCUT2D eigenvalue weighted by Crippen LogP contribution is -2.48. The van der Waals surface area contributed by atoms with Crippen LogP contribution >= 0.6 is 0 Å². The van der Waals surface area contributed by atoms with Crippen molar-refractivity contribution in [2.45, 2.75) is 26.5 Å². The Kier molecular flexibility index (Phi) is 6.64. The quantitative estimate of drug-likeness (QED) is 0.615. The second-order valence-electron chi connectivity index (χ2n) is 6.36. The van der Waals surface area contributed by atoms with E-state index in [1.54, 1.807) is 10.9 Å². The number of guanidine groups is 1. The first kappa shape index (κ1) is 19.2. The molecule has 3 rings (SSSR count). The number of aryl methyl sites for hydroxylation is 1. The lowest BCUT2D eigenvalue weighted by Gasteiger charge is -2.34. The lowest BCUT2D eigenvalue weighted by molar-refractivity contribution is -0.00805. The Morgan fingerprint density at radius 3 is 3.07 bits per heavy atom. The molecule has 0 bridgehead atoms. The van der Waals surface area contributed by atoms with Crippen LogP contribution in [-0.4, -0.2) is 58.5 Å². The zero-order chi connectivity index (χ0) is 19.1. The highest BCUT2D eigenvalue weighted by atomic mass is 16.5. The fraction of sp³-hybridized carbons (Fsp3) is 0.526. The number of hydrogen-bond donors (Lipinski definition) is 1. The summed E-state index contributed by atoms with van der Waals surface area (Å²) in [6, 6.07) is 3.90. The zero-order valence-electron chi connectivity index (χ0n) is 16.3. The van der Waals surface area contributed by atoms with E-state index in [9.17, 15) is 0 Å². The summed E-state index contributed by atoms with van der Waals surface area (Å²) in [6.07, 6.45) is 5.63. The molecule has 0 spiro atoms. The normalized spacial score (nSPS) is 17.8.